The summed E-state index contributed by atoms with van der Waals surface area (Å²) < 4.78 is 63.9. The van der Waals surface area contributed by atoms with E-state index >= 15 is 0 Å². The van der Waals surface area contributed by atoms with E-state index in [1.165, 1.54) is 18.2 Å². The number of hydrogen-bond donors (Lipinski definition) is 1. The van der Waals surface area contributed by atoms with Gasteiger partial charge in [-0.3, -0.25) is 0 Å². The third kappa shape index (κ3) is 3.31. The minimum Gasteiger partial charge on any atom is -0.326 e. The van der Waals surface area contributed by atoms with Gasteiger partial charge in [-0.05, 0) is 18.1 Å². The Morgan fingerprint density at radius 3 is 2.50 bits per heavy atom. The Morgan fingerprint density at radius 1 is 1.30 bits per heavy atom. The number of sulfonamides is 1. The molecule has 1 aliphatic heterocycles. The summed E-state index contributed by atoms with van der Waals surface area (Å²) in [6, 6.07) is 4.47. The molecule has 1 aromatic carbocycles. The van der Waals surface area contributed by atoms with Crippen LogP contribution in [-0.4, -0.2) is 31.9 Å². The summed E-state index contributed by atoms with van der Waals surface area (Å²) >= 11 is 0. The Kier molecular flexibility index (Phi) is 4.08. The quantitative estimate of drug-likeness (QED) is 0.922. The molecule has 112 valence electrons. The second kappa shape index (κ2) is 5.34. The zero-order chi connectivity index (χ0) is 15.0. The van der Waals surface area contributed by atoms with E-state index in [1.807, 2.05) is 0 Å². The first kappa shape index (κ1) is 15.3. The van der Waals surface area contributed by atoms with Gasteiger partial charge in [0, 0.05) is 19.1 Å². The van der Waals surface area contributed by atoms with Crippen molar-refractivity contribution < 1.29 is 21.6 Å². The SMILES string of the molecule is NC1CCN(S(=O)(=O)Cc2ccccc2C(F)(F)F)C1. The fourth-order valence-corrected chi connectivity index (χ4v) is 3.85. The molecule has 0 radical (unpaired) electrons. The average molecular weight is 308 g/mol. The van der Waals surface area contributed by atoms with Crippen LogP contribution in [0.4, 0.5) is 13.2 Å². The number of halogens is 3. The topological polar surface area (TPSA) is 63.4 Å². The van der Waals surface area contributed by atoms with Gasteiger partial charge >= 0.3 is 6.18 Å². The van der Waals surface area contributed by atoms with Gasteiger partial charge in [-0.25, -0.2) is 12.7 Å². The highest BCUT2D eigenvalue weighted by Gasteiger charge is 2.36. The van der Waals surface area contributed by atoms with E-state index in [1.54, 1.807) is 0 Å². The molecule has 2 N–H and O–H groups in total. The number of nitrogens with two attached hydrogens (primary N) is 1. The molecular formula is C12H15F3N2O2S. The Hall–Kier alpha value is -1.12. The Morgan fingerprint density at radius 2 is 1.95 bits per heavy atom. The molecule has 1 fully saturated rings. The van der Waals surface area contributed by atoms with E-state index in [-0.39, 0.29) is 24.7 Å². The second-order valence-corrected chi connectivity index (χ2v) is 6.79. The van der Waals surface area contributed by atoms with E-state index in [4.69, 9.17) is 5.73 Å². The van der Waals surface area contributed by atoms with Crippen LogP contribution < -0.4 is 5.73 Å². The first-order chi connectivity index (χ1) is 9.20. The predicted octanol–water partition coefficient (Wildman–Crippen LogP) is 1.57. The number of rotatable bonds is 3. The molecule has 20 heavy (non-hydrogen) atoms. The average Bonchev–Trinajstić information content (AvgIpc) is 2.75. The second-order valence-electron chi connectivity index (χ2n) is 4.82. The van der Waals surface area contributed by atoms with Crippen molar-refractivity contribution in [1.29, 1.82) is 0 Å². The van der Waals surface area contributed by atoms with Crippen molar-refractivity contribution in [3.8, 4) is 0 Å². The molecule has 1 atom stereocenters. The molecule has 1 aliphatic rings. The summed E-state index contributed by atoms with van der Waals surface area (Å²) in [5.41, 5.74) is 4.48. The van der Waals surface area contributed by atoms with Crippen molar-refractivity contribution in [2.75, 3.05) is 13.1 Å². The van der Waals surface area contributed by atoms with Gasteiger partial charge in [-0.1, -0.05) is 18.2 Å². The van der Waals surface area contributed by atoms with Gasteiger partial charge < -0.3 is 5.73 Å². The van der Waals surface area contributed by atoms with Crippen LogP contribution in [0.25, 0.3) is 0 Å². The molecule has 0 aliphatic carbocycles. The van der Waals surface area contributed by atoms with Crippen LogP contribution in [0.2, 0.25) is 0 Å². The highest BCUT2D eigenvalue weighted by Crippen LogP contribution is 2.33. The van der Waals surface area contributed by atoms with Crippen molar-refractivity contribution >= 4 is 10.0 Å². The van der Waals surface area contributed by atoms with E-state index in [0.29, 0.717) is 6.42 Å². The van der Waals surface area contributed by atoms with Crippen molar-refractivity contribution in [3.63, 3.8) is 0 Å². The van der Waals surface area contributed by atoms with Crippen LogP contribution >= 0.6 is 0 Å². The zero-order valence-electron chi connectivity index (χ0n) is 10.6. The van der Waals surface area contributed by atoms with Crippen LogP contribution in [0.5, 0.6) is 0 Å². The molecule has 8 heteroatoms. The van der Waals surface area contributed by atoms with Crippen LogP contribution in [0, 0.1) is 0 Å². The lowest BCUT2D eigenvalue weighted by atomic mass is 10.1. The summed E-state index contributed by atoms with van der Waals surface area (Å²) in [7, 11) is -3.78. The lowest BCUT2D eigenvalue weighted by molar-refractivity contribution is -0.138. The number of hydrogen-bond acceptors (Lipinski definition) is 3. The molecule has 0 amide bonds. The van der Waals surface area contributed by atoms with Crippen LogP contribution in [0.3, 0.4) is 0 Å². The summed E-state index contributed by atoms with van der Waals surface area (Å²) in [6.45, 7) is 0.425. The third-order valence-electron chi connectivity index (χ3n) is 3.24. The molecule has 0 saturated carbocycles. The number of nitrogens with zero attached hydrogens (tertiary/aromatic N) is 1. The summed E-state index contributed by atoms with van der Waals surface area (Å²) in [5.74, 6) is -0.657. The van der Waals surface area contributed by atoms with Crippen molar-refractivity contribution in [1.82, 2.24) is 4.31 Å². The van der Waals surface area contributed by atoms with Gasteiger partial charge in [0.1, 0.15) is 0 Å². The Bertz CT molecular complexity index is 587. The van der Waals surface area contributed by atoms with Gasteiger partial charge in [0.15, 0.2) is 0 Å². The predicted molar refractivity (Wildman–Crippen MR) is 68.2 cm³/mol. The van der Waals surface area contributed by atoms with Gasteiger partial charge in [0.25, 0.3) is 0 Å². The molecule has 1 aromatic rings. The highest BCUT2D eigenvalue weighted by molar-refractivity contribution is 7.88. The fourth-order valence-electron chi connectivity index (χ4n) is 2.22. The smallest absolute Gasteiger partial charge is 0.326 e. The Balaban J connectivity index is 2.26. The molecule has 2 rings (SSSR count). The summed E-state index contributed by atoms with van der Waals surface area (Å²) in [6.07, 6.45) is -4.03. The third-order valence-corrected chi connectivity index (χ3v) is 5.04. The minimum atomic E-state index is -4.56. The molecule has 1 heterocycles. The Labute approximate surface area is 115 Å². The lowest BCUT2D eigenvalue weighted by Gasteiger charge is -2.18. The van der Waals surface area contributed by atoms with E-state index in [9.17, 15) is 21.6 Å². The van der Waals surface area contributed by atoms with E-state index < -0.39 is 27.5 Å². The first-order valence-corrected chi connectivity index (χ1v) is 7.69. The standard InChI is InChI=1S/C12H15F3N2O2S/c13-12(14,15)11-4-2-1-3-9(11)8-20(18,19)17-6-5-10(16)7-17/h1-4,10H,5-8,16H2. The minimum absolute atomic E-state index is 0.163. The van der Waals surface area contributed by atoms with Crippen LogP contribution in [-0.2, 0) is 22.0 Å². The van der Waals surface area contributed by atoms with Gasteiger partial charge in [-0.2, -0.15) is 13.2 Å². The number of benzene rings is 1. The summed E-state index contributed by atoms with van der Waals surface area (Å²) in [4.78, 5) is 0. The summed E-state index contributed by atoms with van der Waals surface area (Å²) in [5, 5.41) is 0. The molecule has 0 bridgehead atoms. The van der Waals surface area contributed by atoms with Crippen molar-refractivity contribution in [2.24, 2.45) is 5.73 Å². The zero-order valence-corrected chi connectivity index (χ0v) is 11.4. The molecular weight excluding hydrogens is 293 g/mol. The molecule has 1 unspecified atom stereocenters. The molecule has 1 saturated heterocycles. The fraction of sp³-hybridized carbons (Fsp3) is 0.500. The molecule has 0 spiro atoms. The maximum atomic E-state index is 12.8. The molecule has 4 nitrogen and oxygen atoms in total. The van der Waals surface area contributed by atoms with E-state index in [0.717, 1.165) is 10.4 Å². The van der Waals surface area contributed by atoms with E-state index in [2.05, 4.69) is 0 Å². The largest absolute Gasteiger partial charge is 0.416 e. The molecule has 0 aromatic heterocycles. The monoisotopic (exact) mass is 308 g/mol. The lowest BCUT2D eigenvalue weighted by Crippen LogP contribution is -2.33. The van der Waals surface area contributed by atoms with Crippen LogP contribution in [0.1, 0.15) is 17.5 Å². The van der Waals surface area contributed by atoms with Gasteiger partial charge in [0.05, 0.1) is 11.3 Å². The first-order valence-electron chi connectivity index (χ1n) is 6.08. The van der Waals surface area contributed by atoms with Gasteiger partial charge in [0.2, 0.25) is 10.0 Å². The van der Waals surface area contributed by atoms with Crippen molar-refractivity contribution in [3.05, 3.63) is 35.4 Å². The van der Waals surface area contributed by atoms with Crippen LogP contribution in [0.15, 0.2) is 24.3 Å². The van der Waals surface area contributed by atoms with Gasteiger partial charge in [-0.15, -0.1) is 0 Å². The highest BCUT2D eigenvalue weighted by atomic mass is 32.2. The van der Waals surface area contributed by atoms with Crippen molar-refractivity contribution in [2.45, 2.75) is 24.4 Å². The maximum absolute atomic E-state index is 12.8. The maximum Gasteiger partial charge on any atom is 0.416 e. The normalized spacial score (nSPS) is 21.3. The number of alkyl halides is 3.